The molecule has 0 saturated carbocycles. The number of hydrogen-bond donors (Lipinski definition) is 0. The molecule has 1 saturated heterocycles. The Bertz CT molecular complexity index is 459. The maximum absolute atomic E-state index is 11.1. The van der Waals surface area contributed by atoms with Crippen LogP contribution in [0.5, 0.6) is 0 Å². The monoisotopic (exact) mass is 421 g/mol. The van der Waals surface area contributed by atoms with Crippen molar-refractivity contribution in [2.45, 2.75) is 117 Å². The highest BCUT2D eigenvalue weighted by atomic mass is 16.5. The molecule has 1 rings (SSSR count). The molecule has 0 aromatic rings. The summed E-state index contributed by atoms with van der Waals surface area (Å²) in [5, 5.41) is 0. The zero-order valence-corrected chi connectivity index (χ0v) is 19.8. The highest BCUT2D eigenvalue weighted by Gasteiger charge is 2.16. The lowest BCUT2D eigenvalue weighted by molar-refractivity contribution is -0.143. The molecule has 0 bridgehead atoms. The molecule has 0 radical (unpaired) electrons. The number of esters is 1. The molecule has 4 nitrogen and oxygen atoms in total. The Labute approximate surface area is 186 Å². The highest BCUT2D eigenvalue weighted by molar-refractivity contribution is 5.78. The van der Waals surface area contributed by atoms with Crippen LogP contribution in [0.15, 0.2) is 24.9 Å². The van der Waals surface area contributed by atoms with Crippen LogP contribution in [-0.4, -0.2) is 29.9 Å². The number of carbonyl (C=O) groups excluding carboxylic acids is 2. The first-order valence-electron chi connectivity index (χ1n) is 12.4. The molecular weight excluding hydrogens is 374 g/mol. The molecule has 0 aromatic heterocycles. The van der Waals surface area contributed by atoms with Crippen LogP contribution in [0.3, 0.4) is 0 Å². The predicted octanol–water partition coefficient (Wildman–Crippen LogP) is 7.34. The standard InChI is InChI=1S/C20H38O2.C6H9NO/c1-3-5-6-7-8-9-10-11-12-13-14-15-16-17-18-19-20(21)22-4-2;1-2-7-5-3-4-6(7)8/h11-12H,3-10,13-19H2,1-2H3;2H,1,3-5H2/b12-11-;. The van der Waals surface area contributed by atoms with Crippen LogP contribution in [0.4, 0.5) is 0 Å². The average molecular weight is 422 g/mol. The van der Waals surface area contributed by atoms with Crippen molar-refractivity contribution in [3.05, 3.63) is 24.9 Å². The third-order valence-electron chi connectivity index (χ3n) is 5.28. The van der Waals surface area contributed by atoms with E-state index in [-0.39, 0.29) is 11.9 Å². The Morgan fingerprint density at radius 1 is 0.933 bits per heavy atom. The maximum atomic E-state index is 11.1. The minimum absolute atomic E-state index is 0.0415. The summed E-state index contributed by atoms with van der Waals surface area (Å²) in [5.74, 6) is 0.167. The van der Waals surface area contributed by atoms with Crippen LogP contribution in [0, 0.1) is 0 Å². The fourth-order valence-corrected chi connectivity index (χ4v) is 3.44. The number of hydrogen-bond acceptors (Lipinski definition) is 3. The van der Waals surface area contributed by atoms with Crippen LogP contribution >= 0.6 is 0 Å². The Kier molecular flexibility index (Phi) is 20.9. The first-order valence-corrected chi connectivity index (χ1v) is 12.4. The van der Waals surface area contributed by atoms with Crippen LogP contribution in [0.2, 0.25) is 0 Å². The van der Waals surface area contributed by atoms with E-state index >= 15 is 0 Å². The minimum atomic E-state index is -0.0415. The van der Waals surface area contributed by atoms with Gasteiger partial charge in [-0.3, -0.25) is 9.59 Å². The van der Waals surface area contributed by atoms with Crippen molar-refractivity contribution in [1.29, 1.82) is 0 Å². The third kappa shape index (κ3) is 18.4. The van der Waals surface area contributed by atoms with Gasteiger partial charge in [-0.25, -0.2) is 0 Å². The number of allylic oxidation sites excluding steroid dienone is 2. The lowest BCUT2D eigenvalue weighted by atomic mass is 10.1. The van der Waals surface area contributed by atoms with E-state index in [0.717, 1.165) is 25.8 Å². The Morgan fingerprint density at radius 2 is 1.50 bits per heavy atom. The molecule has 174 valence electrons. The van der Waals surface area contributed by atoms with Gasteiger partial charge in [-0.2, -0.15) is 0 Å². The van der Waals surface area contributed by atoms with Gasteiger partial charge in [-0.1, -0.05) is 77.0 Å². The van der Waals surface area contributed by atoms with Crippen molar-refractivity contribution < 1.29 is 14.3 Å². The largest absolute Gasteiger partial charge is 0.466 e. The summed E-state index contributed by atoms with van der Waals surface area (Å²) in [4.78, 5) is 23.5. The summed E-state index contributed by atoms with van der Waals surface area (Å²) in [5.41, 5.74) is 0. The van der Waals surface area contributed by atoms with Crippen molar-refractivity contribution in [3.8, 4) is 0 Å². The number of carbonyl (C=O) groups is 2. The average Bonchev–Trinajstić information content (AvgIpc) is 3.16. The molecule has 0 unspecified atom stereocenters. The molecule has 30 heavy (non-hydrogen) atoms. The number of nitrogens with zero attached hydrogens (tertiary/aromatic N) is 1. The van der Waals surface area contributed by atoms with E-state index in [1.165, 1.54) is 70.6 Å². The fraction of sp³-hybridized carbons (Fsp3) is 0.769. The van der Waals surface area contributed by atoms with Crippen LogP contribution in [-0.2, 0) is 14.3 Å². The second-order valence-corrected chi connectivity index (χ2v) is 8.01. The molecular formula is C26H47NO3. The number of unbranched alkanes of at least 4 members (excludes halogenated alkanes) is 11. The van der Waals surface area contributed by atoms with Crippen molar-refractivity contribution in [1.82, 2.24) is 4.90 Å². The first-order chi connectivity index (χ1) is 14.7. The molecule has 0 aliphatic carbocycles. The first kappa shape index (κ1) is 28.4. The molecule has 1 amide bonds. The molecule has 1 heterocycles. The third-order valence-corrected chi connectivity index (χ3v) is 5.28. The van der Waals surface area contributed by atoms with Gasteiger partial charge in [0.25, 0.3) is 0 Å². The summed E-state index contributed by atoms with van der Waals surface area (Å²) in [6.45, 7) is 8.99. The van der Waals surface area contributed by atoms with Crippen LogP contribution in [0.1, 0.15) is 117 Å². The number of amides is 1. The van der Waals surface area contributed by atoms with Crippen LogP contribution in [0.25, 0.3) is 0 Å². The van der Waals surface area contributed by atoms with E-state index in [4.69, 9.17) is 4.74 Å². The molecule has 1 aliphatic heterocycles. The van der Waals surface area contributed by atoms with Gasteiger partial charge < -0.3 is 9.64 Å². The number of rotatable bonds is 17. The Hall–Kier alpha value is -1.58. The molecule has 0 N–H and O–H groups in total. The SMILES string of the molecule is C=CN1CCCC1=O.CCCCCCCC/C=C\CCCCCCCC(=O)OCC. The second kappa shape index (κ2) is 22.1. The van der Waals surface area contributed by atoms with E-state index in [0.29, 0.717) is 19.4 Å². The van der Waals surface area contributed by atoms with Gasteiger partial charge >= 0.3 is 5.97 Å². The van der Waals surface area contributed by atoms with Crippen molar-refractivity contribution in [2.75, 3.05) is 13.2 Å². The molecule has 0 spiro atoms. The van der Waals surface area contributed by atoms with Gasteiger partial charge in [0, 0.05) is 19.4 Å². The van der Waals surface area contributed by atoms with Gasteiger partial charge in [0.15, 0.2) is 0 Å². The normalized spacial score (nSPS) is 13.4. The molecule has 1 aliphatic rings. The van der Waals surface area contributed by atoms with Gasteiger partial charge in [0.2, 0.25) is 5.91 Å². The predicted molar refractivity (Wildman–Crippen MR) is 127 cm³/mol. The topological polar surface area (TPSA) is 46.6 Å². The fourth-order valence-electron chi connectivity index (χ4n) is 3.44. The summed E-state index contributed by atoms with van der Waals surface area (Å²) in [6, 6.07) is 0. The van der Waals surface area contributed by atoms with E-state index < -0.39 is 0 Å². The van der Waals surface area contributed by atoms with E-state index in [2.05, 4.69) is 25.7 Å². The van der Waals surface area contributed by atoms with Crippen molar-refractivity contribution in [2.24, 2.45) is 0 Å². The lowest BCUT2D eigenvalue weighted by Gasteiger charge is -2.05. The Morgan fingerprint density at radius 3 is 1.97 bits per heavy atom. The number of likely N-dealkylation sites (tertiary alicyclic amines) is 1. The summed E-state index contributed by atoms with van der Waals surface area (Å²) in [7, 11) is 0. The zero-order valence-electron chi connectivity index (χ0n) is 19.8. The van der Waals surface area contributed by atoms with E-state index in [1.807, 2.05) is 6.92 Å². The molecule has 0 aromatic carbocycles. The van der Waals surface area contributed by atoms with Gasteiger partial charge in [0.1, 0.15) is 0 Å². The van der Waals surface area contributed by atoms with Crippen molar-refractivity contribution in [3.63, 3.8) is 0 Å². The van der Waals surface area contributed by atoms with Crippen LogP contribution < -0.4 is 0 Å². The summed E-state index contributed by atoms with van der Waals surface area (Å²) >= 11 is 0. The van der Waals surface area contributed by atoms with Gasteiger partial charge in [-0.05, 0) is 51.6 Å². The van der Waals surface area contributed by atoms with E-state index in [1.54, 1.807) is 11.1 Å². The lowest BCUT2D eigenvalue weighted by Crippen LogP contribution is -2.16. The minimum Gasteiger partial charge on any atom is -0.466 e. The zero-order chi connectivity index (χ0) is 22.3. The summed E-state index contributed by atoms with van der Waals surface area (Å²) in [6.07, 6.45) is 25.3. The maximum Gasteiger partial charge on any atom is 0.305 e. The molecule has 1 fully saturated rings. The van der Waals surface area contributed by atoms with Crippen molar-refractivity contribution >= 4 is 11.9 Å². The second-order valence-electron chi connectivity index (χ2n) is 8.01. The Balaban J connectivity index is 0.000000867. The summed E-state index contributed by atoms with van der Waals surface area (Å²) < 4.78 is 4.91. The quantitative estimate of drug-likeness (QED) is 0.140. The molecule has 0 atom stereocenters. The van der Waals surface area contributed by atoms with Gasteiger partial charge in [0.05, 0.1) is 6.61 Å². The van der Waals surface area contributed by atoms with Gasteiger partial charge in [-0.15, -0.1) is 0 Å². The smallest absolute Gasteiger partial charge is 0.305 e. The number of ether oxygens (including phenoxy) is 1. The molecule has 4 heteroatoms. The highest BCUT2D eigenvalue weighted by Crippen LogP contribution is 2.10. The van der Waals surface area contributed by atoms with E-state index in [9.17, 15) is 9.59 Å².